The Hall–Kier alpha value is -0.795. The number of hydrogen-bond donors (Lipinski definition) is 0. The topological polar surface area (TPSA) is 18.5 Å². The van der Waals surface area contributed by atoms with Crippen LogP contribution in [0.3, 0.4) is 0 Å². The van der Waals surface area contributed by atoms with Crippen LogP contribution in [-0.2, 0) is 14.7 Å². The summed E-state index contributed by atoms with van der Waals surface area (Å²) >= 11 is 0. The molecule has 23 heavy (non-hydrogen) atoms. The zero-order valence-electron chi connectivity index (χ0n) is 16.2. The van der Waals surface area contributed by atoms with Crippen LogP contribution in [0.1, 0.15) is 73.8 Å². The van der Waals surface area contributed by atoms with E-state index < -0.39 is 0 Å². The molecule has 0 unspecified atom stereocenters. The zero-order chi connectivity index (χ0) is 17.5. The molecule has 0 bridgehead atoms. The smallest absolute Gasteiger partial charge is 0.399 e. The highest BCUT2D eigenvalue weighted by Crippen LogP contribution is 2.36. The van der Waals surface area contributed by atoms with E-state index in [0.717, 1.165) is 11.4 Å². The first-order valence-electron chi connectivity index (χ1n) is 8.91. The van der Waals surface area contributed by atoms with Crippen LogP contribution in [0.5, 0.6) is 0 Å². The van der Waals surface area contributed by atoms with Crippen LogP contribution in [0.15, 0.2) is 24.3 Å². The van der Waals surface area contributed by atoms with Crippen molar-refractivity contribution in [1.29, 1.82) is 0 Å². The fourth-order valence-corrected chi connectivity index (χ4v) is 2.86. The highest BCUT2D eigenvalue weighted by atomic mass is 16.7. The Morgan fingerprint density at radius 3 is 1.87 bits per heavy atom. The molecular weight excluding hydrogens is 283 g/mol. The first-order valence-corrected chi connectivity index (χ1v) is 8.91. The summed E-state index contributed by atoms with van der Waals surface area (Å²) in [6.45, 7) is 17.6. The lowest BCUT2D eigenvalue weighted by molar-refractivity contribution is 0.00578. The first-order chi connectivity index (χ1) is 10.4. The van der Waals surface area contributed by atoms with E-state index in [-0.39, 0.29) is 23.7 Å². The summed E-state index contributed by atoms with van der Waals surface area (Å²) in [7, 11) is -0.271. The third-order valence-corrected chi connectivity index (χ3v) is 5.56. The van der Waals surface area contributed by atoms with Crippen molar-refractivity contribution in [3.8, 4) is 0 Å². The lowest BCUT2D eigenvalue weighted by atomic mass is 9.75. The van der Waals surface area contributed by atoms with Gasteiger partial charge in [0.05, 0.1) is 11.2 Å². The average molecular weight is 316 g/mol. The van der Waals surface area contributed by atoms with Gasteiger partial charge in [0, 0.05) is 0 Å². The van der Waals surface area contributed by atoms with Crippen LogP contribution < -0.4 is 5.46 Å². The Morgan fingerprint density at radius 2 is 1.43 bits per heavy atom. The summed E-state index contributed by atoms with van der Waals surface area (Å²) in [5.41, 5.74) is 2.13. The van der Waals surface area contributed by atoms with Crippen molar-refractivity contribution < 1.29 is 9.31 Å². The average Bonchev–Trinajstić information content (AvgIpc) is 2.66. The van der Waals surface area contributed by atoms with Gasteiger partial charge >= 0.3 is 7.12 Å². The Kier molecular flexibility index (Phi) is 5.04. The standard InChI is InChI=1S/C20H33BO2/c1-15(2)13-14-18(3,4)16-9-11-17(12-10-16)21-22-19(5,6)20(7,8)23-21/h9-12,15H,13-14H2,1-8H3. The van der Waals surface area contributed by atoms with Crippen LogP contribution in [0, 0.1) is 5.92 Å². The molecule has 0 aromatic heterocycles. The summed E-state index contributed by atoms with van der Waals surface area (Å²) < 4.78 is 12.3. The van der Waals surface area contributed by atoms with Gasteiger partial charge in [-0.25, -0.2) is 0 Å². The molecular formula is C20H33BO2. The normalized spacial score (nSPS) is 20.3. The van der Waals surface area contributed by atoms with E-state index in [2.05, 4.69) is 79.7 Å². The van der Waals surface area contributed by atoms with Crippen molar-refractivity contribution in [3.05, 3.63) is 29.8 Å². The molecule has 0 atom stereocenters. The molecule has 2 nitrogen and oxygen atoms in total. The van der Waals surface area contributed by atoms with Crippen LogP contribution in [0.2, 0.25) is 0 Å². The van der Waals surface area contributed by atoms with Gasteiger partial charge in [-0.05, 0) is 56.5 Å². The monoisotopic (exact) mass is 316 g/mol. The SMILES string of the molecule is CC(C)CCC(C)(C)c1ccc(B2OC(C)(C)C(C)(C)O2)cc1. The van der Waals surface area contributed by atoms with Gasteiger partial charge in [-0.3, -0.25) is 0 Å². The van der Waals surface area contributed by atoms with E-state index in [4.69, 9.17) is 9.31 Å². The van der Waals surface area contributed by atoms with Crippen molar-refractivity contribution in [2.75, 3.05) is 0 Å². The van der Waals surface area contributed by atoms with Gasteiger partial charge in [0.1, 0.15) is 0 Å². The molecule has 1 aliphatic rings. The molecule has 1 aliphatic heterocycles. The molecule has 128 valence electrons. The maximum Gasteiger partial charge on any atom is 0.494 e. The fourth-order valence-electron chi connectivity index (χ4n) is 2.86. The van der Waals surface area contributed by atoms with Gasteiger partial charge in [0.15, 0.2) is 0 Å². The first kappa shape index (κ1) is 18.5. The summed E-state index contributed by atoms with van der Waals surface area (Å²) in [6.07, 6.45) is 2.46. The van der Waals surface area contributed by atoms with Crippen molar-refractivity contribution >= 4 is 12.6 Å². The molecule has 0 N–H and O–H groups in total. The summed E-state index contributed by atoms with van der Waals surface area (Å²) in [6, 6.07) is 8.80. The Morgan fingerprint density at radius 1 is 0.957 bits per heavy atom. The molecule has 1 fully saturated rings. The van der Waals surface area contributed by atoms with Gasteiger partial charge in [-0.15, -0.1) is 0 Å². The van der Waals surface area contributed by atoms with Crippen molar-refractivity contribution in [3.63, 3.8) is 0 Å². The third kappa shape index (κ3) is 4.00. The summed E-state index contributed by atoms with van der Waals surface area (Å²) in [5.74, 6) is 0.748. The van der Waals surface area contributed by atoms with Crippen molar-refractivity contribution in [2.45, 2.75) is 84.8 Å². The Bertz CT molecular complexity index is 513. The number of benzene rings is 1. The van der Waals surface area contributed by atoms with Gasteiger partial charge in [0.2, 0.25) is 0 Å². The lowest BCUT2D eigenvalue weighted by Crippen LogP contribution is -2.41. The highest BCUT2D eigenvalue weighted by Gasteiger charge is 2.51. The maximum absolute atomic E-state index is 6.13. The molecule has 1 aromatic carbocycles. The molecule has 1 aromatic rings. The van der Waals surface area contributed by atoms with E-state index in [1.807, 2.05) is 0 Å². The van der Waals surface area contributed by atoms with Gasteiger partial charge in [-0.1, -0.05) is 58.4 Å². The minimum atomic E-state index is -0.285. The summed E-state index contributed by atoms with van der Waals surface area (Å²) in [5, 5.41) is 0. The predicted octanol–water partition coefficient (Wildman–Crippen LogP) is 4.70. The van der Waals surface area contributed by atoms with E-state index in [9.17, 15) is 0 Å². The van der Waals surface area contributed by atoms with Crippen LogP contribution in [-0.4, -0.2) is 18.3 Å². The molecule has 1 saturated heterocycles. The van der Waals surface area contributed by atoms with Crippen LogP contribution >= 0.6 is 0 Å². The molecule has 2 rings (SSSR count). The second-order valence-corrected chi connectivity index (χ2v) is 9.03. The van der Waals surface area contributed by atoms with Crippen molar-refractivity contribution in [1.82, 2.24) is 0 Å². The molecule has 0 aliphatic carbocycles. The second-order valence-electron chi connectivity index (χ2n) is 9.03. The van der Waals surface area contributed by atoms with E-state index in [1.165, 1.54) is 18.4 Å². The summed E-state index contributed by atoms with van der Waals surface area (Å²) in [4.78, 5) is 0. The Balaban J connectivity index is 2.11. The quantitative estimate of drug-likeness (QED) is 0.733. The molecule has 1 heterocycles. The third-order valence-electron chi connectivity index (χ3n) is 5.56. The fraction of sp³-hybridized carbons (Fsp3) is 0.700. The minimum absolute atomic E-state index is 0.207. The van der Waals surface area contributed by atoms with Gasteiger partial charge < -0.3 is 9.31 Å². The number of rotatable bonds is 5. The minimum Gasteiger partial charge on any atom is -0.399 e. The molecule has 0 radical (unpaired) electrons. The van der Waals surface area contributed by atoms with Gasteiger partial charge in [0.25, 0.3) is 0 Å². The molecule has 0 spiro atoms. The highest BCUT2D eigenvalue weighted by molar-refractivity contribution is 6.62. The largest absolute Gasteiger partial charge is 0.494 e. The Labute approximate surface area is 143 Å². The van der Waals surface area contributed by atoms with E-state index in [0.29, 0.717) is 0 Å². The van der Waals surface area contributed by atoms with Crippen LogP contribution in [0.4, 0.5) is 0 Å². The predicted molar refractivity (Wildman–Crippen MR) is 99.3 cm³/mol. The zero-order valence-corrected chi connectivity index (χ0v) is 16.2. The molecule has 0 saturated carbocycles. The maximum atomic E-state index is 6.13. The number of hydrogen-bond acceptors (Lipinski definition) is 2. The van der Waals surface area contributed by atoms with E-state index >= 15 is 0 Å². The lowest BCUT2D eigenvalue weighted by Gasteiger charge is -2.32. The van der Waals surface area contributed by atoms with Crippen LogP contribution in [0.25, 0.3) is 0 Å². The second kappa shape index (κ2) is 6.25. The molecule has 3 heteroatoms. The molecule has 0 amide bonds. The van der Waals surface area contributed by atoms with Gasteiger partial charge in [-0.2, -0.15) is 0 Å². The van der Waals surface area contributed by atoms with E-state index in [1.54, 1.807) is 0 Å². The van der Waals surface area contributed by atoms with Crippen molar-refractivity contribution in [2.24, 2.45) is 5.92 Å².